The highest BCUT2D eigenvalue weighted by atomic mass is 32.1. The first kappa shape index (κ1) is 18.4. The number of aromatic nitrogens is 1. The average Bonchev–Trinajstić information content (AvgIpc) is 3.07. The Balaban J connectivity index is 1.79. The molecule has 7 nitrogen and oxygen atoms in total. The number of ether oxygens (including phenoxy) is 4. The van der Waals surface area contributed by atoms with Gasteiger partial charge in [-0.05, 0) is 25.1 Å². The van der Waals surface area contributed by atoms with Gasteiger partial charge in [0.05, 0.1) is 24.4 Å². The van der Waals surface area contributed by atoms with Crippen molar-refractivity contribution in [3.8, 4) is 23.0 Å². The Morgan fingerprint density at radius 3 is 2.54 bits per heavy atom. The minimum atomic E-state index is -0.329. The smallest absolute Gasteiger partial charge is 0.279 e. The Labute approximate surface area is 165 Å². The summed E-state index contributed by atoms with van der Waals surface area (Å²) in [5.74, 6) is 2.17. The first-order valence-electron chi connectivity index (χ1n) is 8.88. The second-order valence-corrected chi connectivity index (χ2v) is 7.09. The van der Waals surface area contributed by atoms with Gasteiger partial charge < -0.3 is 23.5 Å². The lowest BCUT2D eigenvalue weighted by molar-refractivity contribution is 0.0996. The first-order valence-corrected chi connectivity index (χ1v) is 9.70. The summed E-state index contributed by atoms with van der Waals surface area (Å²) < 4.78 is 24.8. The Morgan fingerprint density at radius 1 is 1.11 bits per heavy atom. The van der Waals surface area contributed by atoms with E-state index in [0.717, 1.165) is 10.2 Å². The molecule has 0 fully saturated rings. The molecule has 1 aliphatic rings. The van der Waals surface area contributed by atoms with Crippen molar-refractivity contribution in [2.24, 2.45) is 4.99 Å². The summed E-state index contributed by atoms with van der Waals surface area (Å²) in [6.07, 6.45) is 0. The molecule has 0 aliphatic carbocycles. The van der Waals surface area contributed by atoms with Crippen LogP contribution >= 0.6 is 11.3 Å². The van der Waals surface area contributed by atoms with E-state index in [1.165, 1.54) is 11.3 Å². The lowest BCUT2D eigenvalue weighted by Gasteiger charge is -2.18. The van der Waals surface area contributed by atoms with Gasteiger partial charge in [-0.1, -0.05) is 11.3 Å². The summed E-state index contributed by atoms with van der Waals surface area (Å²) >= 11 is 1.43. The standard InChI is InChI=1S/C20H20N2O5S/c1-4-22-13-10-15(24-2)16(25-3)11-18(13)28-20(22)21-19(23)12-5-6-14-17(9-12)27-8-7-26-14/h5-6,9-11H,4,7-8H2,1-3H3. The molecular formula is C20H20N2O5S. The van der Waals surface area contributed by atoms with Crippen molar-refractivity contribution in [2.45, 2.75) is 13.5 Å². The number of carbonyl (C=O) groups excluding carboxylic acids is 1. The van der Waals surface area contributed by atoms with Crippen LogP contribution in [0.3, 0.4) is 0 Å². The van der Waals surface area contributed by atoms with Crippen molar-refractivity contribution in [3.05, 3.63) is 40.7 Å². The maximum Gasteiger partial charge on any atom is 0.279 e. The van der Waals surface area contributed by atoms with Crippen LogP contribution in [0.4, 0.5) is 0 Å². The van der Waals surface area contributed by atoms with Gasteiger partial charge in [-0.15, -0.1) is 0 Å². The molecule has 28 heavy (non-hydrogen) atoms. The molecule has 0 saturated carbocycles. The number of rotatable bonds is 4. The number of fused-ring (bicyclic) bond motifs is 2. The van der Waals surface area contributed by atoms with Crippen LogP contribution in [-0.4, -0.2) is 37.9 Å². The largest absolute Gasteiger partial charge is 0.493 e. The molecule has 8 heteroatoms. The Hall–Kier alpha value is -3.00. The number of aryl methyl sites for hydroxylation is 1. The number of benzene rings is 2. The number of hydrogen-bond acceptors (Lipinski definition) is 6. The summed E-state index contributed by atoms with van der Waals surface area (Å²) in [6, 6.07) is 8.93. The molecule has 0 bridgehead atoms. The number of hydrogen-bond donors (Lipinski definition) is 0. The SMILES string of the molecule is CCn1c(=NC(=O)c2ccc3c(c2)OCCO3)sc2cc(OC)c(OC)cc21. The maximum atomic E-state index is 12.8. The molecule has 2 aromatic carbocycles. The van der Waals surface area contributed by atoms with Crippen molar-refractivity contribution in [3.63, 3.8) is 0 Å². The van der Waals surface area contributed by atoms with E-state index in [-0.39, 0.29) is 5.91 Å². The van der Waals surface area contributed by atoms with Crippen molar-refractivity contribution in [2.75, 3.05) is 27.4 Å². The fourth-order valence-electron chi connectivity index (χ4n) is 3.12. The maximum absolute atomic E-state index is 12.8. The third-order valence-electron chi connectivity index (χ3n) is 4.49. The van der Waals surface area contributed by atoms with Gasteiger partial charge in [0.25, 0.3) is 5.91 Å². The Bertz CT molecular complexity index is 1120. The summed E-state index contributed by atoms with van der Waals surface area (Å²) in [6.45, 7) is 3.66. The second kappa shape index (κ2) is 7.55. The van der Waals surface area contributed by atoms with Gasteiger partial charge in [0.1, 0.15) is 13.2 Å². The number of nitrogens with zero attached hydrogens (tertiary/aromatic N) is 2. The van der Waals surface area contributed by atoms with Crippen LogP contribution < -0.4 is 23.7 Å². The van der Waals surface area contributed by atoms with E-state index in [0.29, 0.717) is 53.1 Å². The van der Waals surface area contributed by atoms with Gasteiger partial charge in [-0.25, -0.2) is 0 Å². The van der Waals surface area contributed by atoms with Crippen molar-refractivity contribution in [1.29, 1.82) is 0 Å². The molecule has 4 rings (SSSR count). The zero-order chi connectivity index (χ0) is 19.7. The van der Waals surface area contributed by atoms with Gasteiger partial charge in [0, 0.05) is 24.2 Å². The van der Waals surface area contributed by atoms with E-state index in [1.807, 2.05) is 23.6 Å². The van der Waals surface area contributed by atoms with Crippen LogP contribution in [-0.2, 0) is 6.54 Å². The van der Waals surface area contributed by atoms with Gasteiger partial charge in [0.2, 0.25) is 0 Å². The average molecular weight is 400 g/mol. The normalized spacial score (nSPS) is 13.6. The van der Waals surface area contributed by atoms with E-state index in [4.69, 9.17) is 18.9 Å². The van der Waals surface area contributed by atoms with Crippen LogP contribution in [0.1, 0.15) is 17.3 Å². The molecule has 1 aliphatic heterocycles. The molecule has 1 amide bonds. The molecule has 0 radical (unpaired) electrons. The first-order chi connectivity index (χ1) is 13.6. The van der Waals surface area contributed by atoms with E-state index in [1.54, 1.807) is 32.4 Å². The molecule has 0 N–H and O–H groups in total. The zero-order valence-corrected chi connectivity index (χ0v) is 16.7. The summed E-state index contributed by atoms with van der Waals surface area (Å²) in [5.41, 5.74) is 1.40. The zero-order valence-electron chi connectivity index (χ0n) is 15.9. The molecule has 0 unspecified atom stereocenters. The van der Waals surface area contributed by atoms with Crippen molar-refractivity contribution < 1.29 is 23.7 Å². The Morgan fingerprint density at radius 2 is 1.82 bits per heavy atom. The van der Waals surface area contributed by atoms with Crippen LogP contribution in [0, 0.1) is 0 Å². The monoisotopic (exact) mass is 400 g/mol. The van der Waals surface area contributed by atoms with E-state index in [9.17, 15) is 4.79 Å². The fraction of sp³-hybridized carbons (Fsp3) is 0.300. The minimum absolute atomic E-state index is 0.329. The topological polar surface area (TPSA) is 71.3 Å². The van der Waals surface area contributed by atoms with Gasteiger partial charge >= 0.3 is 0 Å². The minimum Gasteiger partial charge on any atom is -0.493 e. The molecular weight excluding hydrogens is 380 g/mol. The Kier molecular flexibility index (Phi) is 4.95. The molecule has 0 atom stereocenters. The highest BCUT2D eigenvalue weighted by Gasteiger charge is 2.16. The second-order valence-electron chi connectivity index (χ2n) is 6.08. The number of amides is 1. The van der Waals surface area contributed by atoms with Gasteiger partial charge in [-0.3, -0.25) is 4.79 Å². The number of methoxy groups -OCH3 is 2. The molecule has 146 valence electrons. The number of thiazole rings is 1. The van der Waals surface area contributed by atoms with E-state index < -0.39 is 0 Å². The van der Waals surface area contributed by atoms with Crippen LogP contribution in [0.25, 0.3) is 10.2 Å². The van der Waals surface area contributed by atoms with E-state index >= 15 is 0 Å². The predicted molar refractivity (Wildman–Crippen MR) is 106 cm³/mol. The summed E-state index contributed by atoms with van der Waals surface area (Å²) in [5, 5.41) is 0. The quantitative estimate of drug-likeness (QED) is 0.672. The van der Waals surface area contributed by atoms with Crippen LogP contribution in [0.15, 0.2) is 35.3 Å². The number of carbonyl (C=O) groups is 1. The lowest BCUT2D eigenvalue weighted by atomic mass is 10.2. The van der Waals surface area contributed by atoms with Gasteiger partial charge in [-0.2, -0.15) is 4.99 Å². The molecule has 1 aromatic heterocycles. The highest BCUT2D eigenvalue weighted by molar-refractivity contribution is 7.16. The third kappa shape index (κ3) is 3.20. The fourth-order valence-corrected chi connectivity index (χ4v) is 4.22. The summed E-state index contributed by atoms with van der Waals surface area (Å²) in [7, 11) is 3.20. The lowest BCUT2D eigenvalue weighted by Crippen LogP contribution is -2.17. The van der Waals surface area contributed by atoms with Gasteiger partial charge in [0.15, 0.2) is 27.8 Å². The van der Waals surface area contributed by atoms with Crippen molar-refractivity contribution >= 4 is 27.5 Å². The molecule has 0 saturated heterocycles. The van der Waals surface area contributed by atoms with Crippen LogP contribution in [0.5, 0.6) is 23.0 Å². The molecule has 0 spiro atoms. The van der Waals surface area contributed by atoms with Crippen LogP contribution in [0.2, 0.25) is 0 Å². The highest BCUT2D eigenvalue weighted by Crippen LogP contribution is 2.34. The summed E-state index contributed by atoms with van der Waals surface area (Å²) in [4.78, 5) is 17.8. The van der Waals surface area contributed by atoms with E-state index in [2.05, 4.69) is 4.99 Å². The molecule has 2 heterocycles. The molecule has 3 aromatic rings. The van der Waals surface area contributed by atoms with Crippen molar-refractivity contribution in [1.82, 2.24) is 4.57 Å². The third-order valence-corrected chi connectivity index (χ3v) is 5.53. The predicted octanol–water partition coefficient (Wildman–Crippen LogP) is 3.25.